The molecule has 0 aliphatic heterocycles. The van der Waals surface area contributed by atoms with Crippen molar-refractivity contribution >= 4 is 0 Å². The quantitative estimate of drug-likeness (QED) is 0.745. The zero-order valence-corrected chi connectivity index (χ0v) is 10.2. The second kappa shape index (κ2) is 5.72. The second-order valence-corrected chi connectivity index (χ2v) is 4.67. The standard InChI is InChI=1S/C12H26N2/c1-5-10(2)14(4)12-9-7-6-8-11(12)13-3/h10-13H,5-9H2,1-4H3. The van der Waals surface area contributed by atoms with E-state index in [4.69, 9.17) is 0 Å². The highest BCUT2D eigenvalue weighted by atomic mass is 15.2. The molecule has 1 aliphatic carbocycles. The minimum atomic E-state index is 0.711. The molecule has 1 aliphatic rings. The fraction of sp³-hybridized carbons (Fsp3) is 1.00. The number of likely N-dealkylation sites (N-methyl/N-ethyl adjacent to an activating group) is 2. The van der Waals surface area contributed by atoms with E-state index >= 15 is 0 Å². The predicted molar refractivity (Wildman–Crippen MR) is 62.6 cm³/mol. The van der Waals surface area contributed by atoms with Crippen molar-refractivity contribution in [2.24, 2.45) is 0 Å². The van der Waals surface area contributed by atoms with Gasteiger partial charge in [-0.05, 0) is 40.3 Å². The number of nitrogens with zero attached hydrogens (tertiary/aromatic N) is 1. The summed E-state index contributed by atoms with van der Waals surface area (Å²) in [4.78, 5) is 2.57. The number of hydrogen-bond acceptors (Lipinski definition) is 2. The molecule has 0 spiro atoms. The van der Waals surface area contributed by atoms with Gasteiger partial charge in [-0.3, -0.25) is 4.90 Å². The van der Waals surface area contributed by atoms with Crippen LogP contribution >= 0.6 is 0 Å². The van der Waals surface area contributed by atoms with Crippen LogP contribution in [-0.2, 0) is 0 Å². The number of nitrogens with one attached hydrogen (secondary N) is 1. The van der Waals surface area contributed by atoms with Crippen molar-refractivity contribution in [3.05, 3.63) is 0 Å². The van der Waals surface area contributed by atoms with E-state index in [9.17, 15) is 0 Å². The van der Waals surface area contributed by atoms with Gasteiger partial charge in [0.15, 0.2) is 0 Å². The van der Waals surface area contributed by atoms with Crippen molar-refractivity contribution in [3.8, 4) is 0 Å². The van der Waals surface area contributed by atoms with Crippen LogP contribution in [0, 0.1) is 0 Å². The predicted octanol–water partition coefficient (Wildman–Crippen LogP) is 2.25. The fourth-order valence-electron chi connectivity index (χ4n) is 2.55. The SMILES string of the molecule is CCC(C)N(C)C1CCCCC1NC. The molecule has 3 atom stereocenters. The largest absolute Gasteiger partial charge is 0.315 e. The normalized spacial score (nSPS) is 30.6. The van der Waals surface area contributed by atoms with E-state index in [1.54, 1.807) is 0 Å². The smallest absolute Gasteiger partial charge is 0.0248 e. The molecule has 1 N–H and O–H groups in total. The van der Waals surface area contributed by atoms with Gasteiger partial charge in [-0.15, -0.1) is 0 Å². The highest BCUT2D eigenvalue weighted by Crippen LogP contribution is 2.24. The summed E-state index contributed by atoms with van der Waals surface area (Å²) in [5.41, 5.74) is 0. The Bertz CT molecular complexity index is 158. The van der Waals surface area contributed by atoms with E-state index in [1.165, 1.54) is 32.1 Å². The van der Waals surface area contributed by atoms with Crippen LogP contribution in [0.25, 0.3) is 0 Å². The molecular formula is C12H26N2. The molecule has 0 heterocycles. The molecule has 0 aromatic rings. The monoisotopic (exact) mass is 198 g/mol. The van der Waals surface area contributed by atoms with Gasteiger partial charge in [-0.25, -0.2) is 0 Å². The lowest BCUT2D eigenvalue weighted by molar-refractivity contribution is 0.114. The summed E-state index contributed by atoms with van der Waals surface area (Å²) < 4.78 is 0. The van der Waals surface area contributed by atoms with Crippen molar-refractivity contribution in [1.29, 1.82) is 0 Å². The Kier molecular flexibility index (Phi) is 4.90. The first-order chi connectivity index (χ1) is 6.70. The van der Waals surface area contributed by atoms with Crippen LogP contribution in [0.3, 0.4) is 0 Å². The molecule has 0 aromatic heterocycles. The number of rotatable bonds is 4. The first-order valence-corrected chi connectivity index (χ1v) is 6.09. The molecule has 0 amide bonds. The summed E-state index contributed by atoms with van der Waals surface area (Å²) in [5.74, 6) is 0. The lowest BCUT2D eigenvalue weighted by Gasteiger charge is -2.40. The molecular weight excluding hydrogens is 172 g/mol. The third-order valence-corrected chi connectivity index (χ3v) is 3.91. The molecule has 84 valence electrons. The van der Waals surface area contributed by atoms with Crippen LogP contribution in [0.15, 0.2) is 0 Å². The van der Waals surface area contributed by atoms with E-state index in [0.29, 0.717) is 12.1 Å². The van der Waals surface area contributed by atoms with Crippen LogP contribution in [0.2, 0.25) is 0 Å². The zero-order chi connectivity index (χ0) is 10.6. The average molecular weight is 198 g/mol. The summed E-state index contributed by atoms with van der Waals surface area (Å²) >= 11 is 0. The average Bonchev–Trinajstić information content (AvgIpc) is 2.26. The lowest BCUT2D eigenvalue weighted by atomic mass is 9.88. The van der Waals surface area contributed by atoms with Crippen molar-refractivity contribution in [3.63, 3.8) is 0 Å². The van der Waals surface area contributed by atoms with Crippen LogP contribution in [0.4, 0.5) is 0 Å². The molecule has 1 fully saturated rings. The Morgan fingerprint density at radius 2 is 2.00 bits per heavy atom. The van der Waals surface area contributed by atoms with Crippen molar-refractivity contribution < 1.29 is 0 Å². The Morgan fingerprint density at radius 3 is 2.57 bits per heavy atom. The van der Waals surface area contributed by atoms with Gasteiger partial charge in [0.05, 0.1) is 0 Å². The maximum atomic E-state index is 3.47. The Morgan fingerprint density at radius 1 is 1.36 bits per heavy atom. The van der Waals surface area contributed by atoms with E-state index in [2.05, 4.69) is 38.2 Å². The summed E-state index contributed by atoms with van der Waals surface area (Å²) in [6, 6.07) is 2.18. The van der Waals surface area contributed by atoms with Crippen molar-refractivity contribution in [2.45, 2.75) is 64.1 Å². The maximum Gasteiger partial charge on any atom is 0.0248 e. The molecule has 2 heteroatoms. The van der Waals surface area contributed by atoms with Crippen molar-refractivity contribution in [2.75, 3.05) is 14.1 Å². The molecule has 0 bridgehead atoms. The minimum absolute atomic E-state index is 0.711. The first kappa shape index (κ1) is 12.0. The third-order valence-electron chi connectivity index (χ3n) is 3.91. The minimum Gasteiger partial charge on any atom is -0.315 e. The second-order valence-electron chi connectivity index (χ2n) is 4.67. The highest BCUT2D eigenvalue weighted by molar-refractivity contribution is 4.87. The van der Waals surface area contributed by atoms with Crippen LogP contribution in [0.1, 0.15) is 46.0 Å². The van der Waals surface area contributed by atoms with Gasteiger partial charge in [0.2, 0.25) is 0 Å². The molecule has 0 saturated heterocycles. The highest BCUT2D eigenvalue weighted by Gasteiger charge is 2.28. The summed E-state index contributed by atoms with van der Waals surface area (Å²) in [5, 5.41) is 3.47. The Labute approximate surface area is 89.1 Å². The molecule has 1 saturated carbocycles. The molecule has 0 aromatic carbocycles. The van der Waals surface area contributed by atoms with Gasteiger partial charge < -0.3 is 5.32 Å². The van der Waals surface area contributed by atoms with Gasteiger partial charge >= 0.3 is 0 Å². The maximum absolute atomic E-state index is 3.47. The van der Waals surface area contributed by atoms with E-state index in [1.807, 2.05) is 0 Å². The summed E-state index contributed by atoms with van der Waals surface area (Å²) in [7, 11) is 4.39. The number of hydrogen-bond donors (Lipinski definition) is 1. The first-order valence-electron chi connectivity index (χ1n) is 6.09. The topological polar surface area (TPSA) is 15.3 Å². The van der Waals surface area contributed by atoms with E-state index < -0.39 is 0 Å². The fourth-order valence-corrected chi connectivity index (χ4v) is 2.55. The molecule has 14 heavy (non-hydrogen) atoms. The van der Waals surface area contributed by atoms with Gasteiger partial charge in [0.1, 0.15) is 0 Å². The van der Waals surface area contributed by atoms with Gasteiger partial charge in [-0.1, -0.05) is 19.8 Å². The van der Waals surface area contributed by atoms with E-state index in [-0.39, 0.29) is 0 Å². The zero-order valence-electron chi connectivity index (χ0n) is 10.2. The molecule has 2 nitrogen and oxygen atoms in total. The molecule has 0 radical (unpaired) electrons. The van der Waals surface area contributed by atoms with E-state index in [0.717, 1.165) is 6.04 Å². The molecule has 1 rings (SSSR count). The summed E-state index contributed by atoms with van der Waals surface area (Å²) in [6.45, 7) is 4.61. The summed E-state index contributed by atoms with van der Waals surface area (Å²) in [6.07, 6.45) is 6.78. The van der Waals surface area contributed by atoms with Crippen molar-refractivity contribution in [1.82, 2.24) is 10.2 Å². The molecule has 3 unspecified atom stereocenters. The van der Waals surface area contributed by atoms with Gasteiger partial charge in [0.25, 0.3) is 0 Å². The van der Waals surface area contributed by atoms with Crippen LogP contribution in [0.5, 0.6) is 0 Å². The van der Waals surface area contributed by atoms with Crippen LogP contribution < -0.4 is 5.32 Å². The lowest BCUT2D eigenvalue weighted by Crippen LogP contribution is -2.51. The van der Waals surface area contributed by atoms with Crippen LogP contribution in [-0.4, -0.2) is 37.1 Å². The Hall–Kier alpha value is -0.0800. The van der Waals surface area contributed by atoms with Gasteiger partial charge in [-0.2, -0.15) is 0 Å². The third kappa shape index (κ3) is 2.71. The van der Waals surface area contributed by atoms with Gasteiger partial charge in [0, 0.05) is 18.1 Å². The Balaban J connectivity index is 2.53.